The van der Waals surface area contributed by atoms with E-state index in [-0.39, 0.29) is 5.56 Å². The molecule has 0 radical (unpaired) electrons. The lowest BCUT2D eigenvalue weighted by atomic mass is 9.97. The number of halogens is 2. The van der Waals surface area contributed by atoms with Gasteiger partial charge in [0.2, 0.25) is 0 Å². The lowest BCUT2D eigenvalue weighted by molar-refractivity contribution is 0.381. The normalized spacial score (nSPS) is 12.1. The van der Waals surface area contributed by atoms with Crippen molar-refractivity contribution in [2.24, 2.45) is 5.73 Å². The van der Waals surface area contributed by atoms with Crippen molar-refractivity contribution in [3.8, 4) is 11.5 Å². The van der Waals surface area contributed by atoms with Gasteiger partial charge in [0.05, 0.1) is 25.8 Å². The SMILES string of the molecule is COc1cccc(OC)c1C(N)c1cc(F)ccc1F. The summed E-state index contributed by atoms with van der Waals surface area (Å²) in [6, 6.07) is 7.39. The molecule has 5 heteroatoms. The highest BCUT2D eigenvalue weighted by Crippen LogP contribution is 2.36. The zero-order valence-electron chi connectivity index (χ0n) is 11.2. The van der Waals surface area contributed by atoms with E-state index in [2.05, 4.69) is 0 Å². The molecule has 0 saturated carbocycles. The summed E-state index contributed by atoms with van der Waals surface area (Å²) in [5.41, 5.74) is 6.60. The fourth-order valence-corrected chi connectivity index (χ4v) is 2.09. The van der Waals surface area contributed by atoms with Gasteiger partial charge in [-0.2, -0.15) is 0 Å². The van der Waals surface area contributed by atoms with Crippen LogP contribution in [0.1, 0.15) is 17.2 Å². The predicted octanol–water partition coefficient (Wildman–Crippen LogP) is 3.03. The molecule has 1 atom stereocenters. The van der Waals surface area contributed by atoms with Crippen LogP contribution in [0, 0.1) is 11.6 Å². The van der Waals surface area contributed by atoms with E-state index in [1.165, 1.54) is 14.2 Å². The molecular formula is C15H15F2NO2. The van der Waals surface area contributed by atoms with Crippen LogP contribution >= 0.6 is 0 Å². The van der Waals surface area contributed by atoms with Crippen LogP contribution in [-0.2, 0) is 0 Å². The topological polar surface area (TPSA) is 44.5 Å². The molecule has 0 spiro atoms. The van der Waals surface area contributed by atoms with Gasteiger partial charge in [0, 0.05) is 5.56 Å². The van der Waals surface area contributed by atoms with Gasteiger partial charge >= 0.3 is 0 Å². The molecule has 0 heterocycles. The Morgan fingerprint density at radius 2 is 1.60 bits per heavy atom. The zero-order chi connectivity index (χ0) is 14.7. The molecule has 0 saturated heterocycles. The molecule has 0 aliphatic carbocycles. The second kappa shape index (κ2) is 5.88. The fourth-order valence-electron chi connectivity index (χ4n) is 2.09. The van der Waals surface area contributed by atoms with Crippen molar-refractivity contribution in [1.29, 1.82) is 0 Å². The highest BCUT2D eigenvalue weighted by atomic mass is 19.1. The summed E-state index contributed by atoms with van der Waals surface area (Å²) < 4.78 is 37.6. The molecule has 0 aliphatic heterocycles. The molecule has 0 bridgehead atoms. The third-order valence-corrected chi connectivity index (χ3v) is 3.07. The number of nitrogens with two attached hydrogens (primary N) is 1. The minimum atomic E-state index is -0.892. The van der Waals surface area contributed by atoms with Crippen molar-refractivity contribution in [3.63, 3.8) is 0 Å². The molecule has 2 N–H and O–H groups in total. The highest BCUT2D eigenvalue weighted by molar-refractivity contribution is 5.50. The first kappa shape index (κ1) is 14.3. The quantitative estimate of drug-likeness (QED) is 0.935. The molecule has 1 unspecified atom stereocenters. The van der Waals surface area contributed by atoms with Crippen molar-refractivity contribution < 1.29 is 18.3 Å². The van der Waals surface area contributed by atoms with Gasteiger partial charge in [0.15, 0.2) is 0 Å². The molecule has 2 aromatic rings. The van der Waals surface area contributed by atoms with Crippen LogP contribution in [0.25, 0.3) is 0 Å². The molecule has 0 aromatic heterocycles. The smallest absolute Gasteiger partial charge is 0.128 e. The number of benzene rings is 2. The largest absolute Gasteiger partial charge is 0.496 e. The maximum absolute atomic E-state index is 13.8. The van der Waals surface area contributed by atoms with Gasteiger partial charge in [-0.1, -0.05) is 6.07 Å². The van der Waals surface area contributed by atoms with Crippen LogP contribution in [0.15, 0.2) is 36.4 Å². The van der Waals surface area contributed by atoms with Crippen molar-refractivity contribution in [1.82, 2.24) is 0 Å². The minimum absolute atomic E-state index is 0.0489. The first-order valence-corrected chi connectivity index (χ1v) is 6.00. The van der Waals surface area contributed by atoms with E-state index in [0.717, 1.165) is 18.2 Å². The molecule has 0 amide bonds. The molecule has 3 nitrogen and oxygen atoms in total. The Morgan fingerprint density at radius 3 is 2.15 bits per heavy atom. The molecule has 2 aromatic carbocycles. The number of methoxy groups -OCH3 is 2. The molecule has 0 aliphatic rings. The van der Waals surface area contributed by atoms with Crippen molar-refractivity contribution in [2.75, 3.05) is 14.2 Å². The Kier molecular flexibility index (Phi) is 4.20. The summed E-state index contributed by atoms with van der Waals surface area (Å²) in [4.78, 5) is 0. The van der Waals surface area contributed by atoms with Crippen LogP contribution < -0.4 is 15.2 Å². The Hall–Kier alpha value is -2.14. The number of rotatable bonds is 4. The monoisotopic (exact) mass is 279 g/mol. The maximum Gasteiger partial charge on any atom is 0.128 e. The van der Waals surface area contributed by atoms with E-state index in [9.17, 15) is 8.78 Å². The van der Waals surface area contributed by atoms with Crippen molar-refractivity contribution >= 4 is 0 Å². The summed E-state index contributed by atoms with van der Waals surface area (Å²) in [5.74, 6) is -0.210. The number of ether oxygens (including phenoxy) is 2. The van der Waals surface area contributed by atoms with Gasteiger partial charge in [-0.15, -0.1) is 0 Å². The van der Waals surface area contributed by atoms with E-state index in [0.29, 0.717) is 17.1 Å². The van der Waals surface area contributed by atoms with Gasteiger partial charge < -0.3 is 15.2 Å². The van der Waals surface area contributed by atoms with Crippen LogP contribution in [0.4, 0.5) is 8.78 Å². The summed E-state index contributed by atoms with van der Waals surface area (Å²) >= 11 is 0. The highest BCUT2D eigenvalue weighted by Gasteiger charge is 2.22. The van der Waals surface area contributed by atoms with Gasteiger partial charge in [0.1, 0.15) is 23.1 Å². The number of hydrogen-bond donors (Lipinski definition) is 1. The number of hydrogen-bond acceptors (Lipinski definition) is 3. The summed E-state index contributed by atoms with van der Waals surface area (Å²) in [6.07, 6.45) is 0. The van der Waals surface area contributed by atoms with Crippen molar-refractivity contribution in [3.05, 3.63) is 59.2 Å². The van der Waals surface area contributed by atoms with E-state index < -0.39 is 17.7 Å². The first-order valence-electron chi connectivity index (χ1n) is 6.00. The van der Waals surface area contributed by atoms with Crippen LogP contribution in [0.3, 0.4) is 0 Å². The molecule has 20 heavy (non-hydrogen) atoms. The van der Waals surface area contributed by atoms with Gasteiger partial charge in [-0.05, 0) is 30.3 Å². The van der Waals surface area contributed by atoms with E-state index in [4.69, 9.17) is 15.2 Å². The Morgan fingerprint density at radius 1 is 1.00 bits per heavy atom. The Balaban J connectivity index is 2.58. The van der Waals surface area contributed by atoms with Crippen LogP contribution in [-0.4, -0.2) is 14.2 Å². The fraction of sp³-hybridized carbons (Fsp3) is 0.200. The van der Waals surface area contributed by atoms with Gasteiger partial charge in [-0.3, -0.25) is 0 Å². The van der Waals surface area contributed by atoms with E-state index in [1.807, 2.05) is 0 Å². The van der Waals surface area contributed by atoms with Crippen LogP contribution in [0.2, 0.25) is 0 Å². The average Bonchev–Trinajstić information content (AvgIpc) is 2.48. The summed E-state index contributed by atoms with van der Waals surface area (Å²) in [7, 11) is 2.96. The van der Waals surface area contributed by atoms with E-state index in [1.54, 1.807) is 18.2 Å². The van der Waals surface area contributed by atoms with Crippen molar-refractivity contribution in [2.45, 2.75) is 6.04 Å². The predicted molar refractivity (Wildman–Crippen MR) is 71.9 cm³/mol. The second-order valence-electron chi connectivity index (χ2n) is 4.22. The molecule has 0 fully saturated rings. The van der Waals surface area contributed by atoms with Crippen LogP contribution in [0.5, 0.6) is 11.5 Å². The standard InChI is InChI=1S/C15H15F2NO2/c1-19-12-4-3-5-13(20-2)14(12)15(18)10-8-9(16)6-7-11(10)17/h3-8,15H,18H2,1-2H3. The Bertz CT molecular complexity index is 595. The lowest BCUT2D eigenvalue weighted by Gasteiger charge is -2.19. The maximum atomic E-state index is 13.8. The van der Waals surface area contributed by atoms with Gasteiger partial charge in [0.25, 0.3) is 0 Å². The molecule has 106 valence electrons. The first-order chi connectivity index (χ1) is 9.58. The zero-order valence-corrected chi connectivity index (χ0v) is 11.2. The van der Waals surface area contributed by atoms with E-state index >= 15 is 0 Å². The lowest BCUT2D eigenvalue weighted by Crippen LogP contribution is -2.16. The minimum Gasteiger partial charge on any atom is -0.496 e. The third kappa shape index (κ3) is 2.58. The second-order valence-corrected chi connectivity index (χ2v) is 4.22. The summed E-state index contributed by atoms with van der Waals surface area (Å²) in [5, 5.41) is 0. The van der Waals surface area contributed by atoms with Gasteiger partial charge in [-0.25, -0.2) is 8.78 Å². The average molecular weight is 279 g/mol. The molecular weight excluding hydrogens is 264 g/mol. The summed E-state index contributed by atoms with van der Waals surface area (Å²) in [6.45, 7) is 0. The Labute approximate surface area is 115 Å². The third-order valence-electron chi connectivity index (χ3n) is 3.07. The molecule has 2 rings (SSSR count).